The van der Waals surface area contributed by atoms with Crippen LogP contribution in [-0.2, 0) is 0 Å². The van der Waals surface area contributed by atoms with Crippen molar-refractivity contribution in [2.24, 2.45) is 0 Å². The van der Waals surface area contributed by atoms with Crippen LogP contribution < -0.4 is 5.56 Å². The fourth-order valence-electron chi connectivity index (χ4n) is 1.76. The zero-order chi connectivity index (χ0) is 11.7. The number of nitrogens with one attached hydrogen (secondary N) is 1. The summed E-state index contributed by atoms with van der Waals surface area (Å²) >= 11 is 0. The van der Waals surface area contributed by atoms with Gasteiger partial charge in [-0.3, -0.25) is 9.78 Å². The number of rotatable bonds is 1. The van der Waals surface area contributed by atoms with Crippen molar-refractivity contribution in [1.29, 1.82) is 0 Å². The Kier molecular flexibility index (Phi) is 2.19. The lowest BCUT2D eigenvalue weighted by molar-refractivity contribution is 1.14. The number of pyridine rings is 1. The number of H-pyrrole nitrogens is 1. The highest BCUT2D eigenvalue weighted by Gasteiger charge is 2.05. The third-order valence-corrected chi connectivity index (χ3v) is 2.57. The summed E-state index contributed by atoms with van der Waals surface area (Å²) in [6.07, 6.45) is 4.74. The van der Waals surface area contributed by atoms with Gasteiger partial charge in [-0.25, -0.2) is 4.98 Å². The summed E-state index contributed by atoms with van der Waals surface area (Å²) in [4.78, 5) is 22.6. The first-order chi connectivity index (χ1) is 8.34. The maximum absolute atomic E-state index is 11.6. The topological polar surface area (TPSA) is 58.6 Å². The molecule has 82 valence electrons. The van der Waals surface area contributed by atoms with E-state index in [0.29, 0.717) is 5.69 Å². The molecule has 0 bridgehead atoms. The van der Waals surface area contributed by atoms with Crippen molar-refractivity contribution in [2.45, 2.75) is 0 Å². The van der Waals surface area contributed by atoms with Gasteiger partial charge in [-0.1, -0.05) is 18.2 Å². The van der Waals surface area contributed by atoms with Crippen LogP contribution in [0, 0.1) is 0 Å². The Morgan fingerprint density at radius 2 is 2.00 bits per heavy atom. The minimum absolute atomic E-state index is 0.204. The molecule has 4 heteroatoms. The summed E-state index contributed by atoms with van der Waals surface area (Å²) in [6, 6.07) is 9.68. The van der Waals surface area contributed by atoms with Crippen molar-refractivity contribution < 1.29 is 0 Å². The summed E-state index contributed by atoms with van der Waals surface area (Å²) in [5.74, 6) is 0. The second-order valence-corrected chi connectivity index (χ2v) is 3.68. The molecule has 0 unspecified atom stereocenters. The Balaban J connectivity index is 2.25. The molecule has 2 aromatic heterocycles. The Morgan fingerprint density at radius 3 is 2.88 bits per heavy atom. The van der Waals surface area contributed by atoms with E-state index in [1.807, 2.05) is 30.3 Å². The zero-order valence-corrected chi connectivity index (χ0v) is 8.92. The van der Waals surface area contributed by atoms with Crippen LogP contribution in [0.1, 0.15) is 0 Å². The summed E-state index contributed by atoms with van der Waals surface area (Å²) in [5.41, 5.74) is 1.82. The van der Waals surface area contributed by atoms with Gasteiger partial charge in [0.15, 0.2) is 0 Å². The molecule has 0 saturated heterocycles. The fourth-order valence-corrected chi connectivity index (χ4v) is 1.76. The van der Waals surface area contributed by atoms with Crippen LogP contribution in [0.5, 0.6) is 0 Å². The van der Waals surface area contributed by atoms with Gasteiger partial charge in [0.1, 0.15) is 5.69 Å². The van der Waals surface area contributed by atoms with Gasteiger partial charge in [0.2, 0.25) is 0 Å². The van der Waals surface area contributed by atoms with Crippen molar-refractivity contribution in [2.75, 3.05) is 0 Å². The standard InChI is InChI=1S/C13H9N3O/c17-13-12(14-5-6-15-13)10-7-9-3-1-2-4-11(9)16-8-10/h1-8H,(H,15,17). The normalized spacial score (nSPS) is 10.6. The first-order valence-electron chi connectivity index (χ1n) is 5.23. The van der Waals surface area contributed by atoms with Gasteiger partial charge in [0.05, 0.1) is 5.52 Å². The van der Waals surface area contributed by atoms with Gasteiger partial charge in [-0.2, -0.15) is 0 Å². The maximum Gasteiger partial charge on any atom is 0.274 e. The molecular weight excluding hydrogens is 214 g/mol. The lowest BCUT2D eigenvalue weighted by atomic mass is 10.1. The van der Waals surface area contributed by atoms with E-state index in [1.54, 1.807) is 12.4 Å². The van der Waals surface area contributed by atoms with Crippen LogP contribution in [0.15, 0.2) is 53.7 Å². The predicted octanol–water partition coefficient (Wildman–Crippen LogP) is 1.99. The molecule has 2 heterocycles. The van der Waals surface area contributed by atoms with Crippen molar-refractivity contribution in [3.63, 3.8) is 0 Å². The molecule has 17 heavy (non-hydrogen) atoms. The molecule has 0 amide bonds. The van der Waals surface area contributed by atoms with Crippen LogP contribution >= 0.6 is 0 Å². The molecule has 1 aromatic carbocycles. The smallest absolute Gasteiger partial charge is 0.274 e. The molecule has 4 nitrogen and oxygen atoms in total. The third kappa shape index (κ3) is 1.69. The van der Waals surface area contributed by atoms with Crippen LogP contribution in [0.4, 0.5) is 0 Å². The number of hydrogen-bond acceptors (Lipinski definition) is 3. The monoisotopic (exact) mass is 223 g/mol. The molecule has 0 aliphatic carbocycles. The number of hydrogen-bond donors (Lipinski definition) is 1. The van der Waals surface area contributed by atoms with Gasteiger partial charge in [-0.05, 0) is 12.1 Å². The average molecular weight is 223 g/mol. The average Bonchev–Trinajstić information content (AvgIpc) is 2.39. The van der Waals surface area contributed by atoms with Crippen LogP contribution in [0.25, 0.3) is 22.2 Å². The van der Waals surface area contributed by atoms with E-state index in [2.05, 4.69) is 15.0 Å². The summed E-state index contributed by atoms with van der Waals surface area (Å²) in [5, 5.41) is 0.995. The third-order valence-electron chi connectivity index (χ3n) is 2.57. The van der Waals surface area contributed by atoms with Gasteiger partial charge in [-0.15, -0.1) is 0 Å². The number of benzene rings is 1. The number of aromatic nitrogens is 3. The van der Waals surface area contributed by atoms with Crippen molar-refractivity contribution in [3.05, 3.63) is 59.3 Å². The Hall–Kier alpha value is -2.49. The number of nitrogens with zero attached hydrogens (tertiary/aromatic N) is 2. The van der Waals surface area contributed by atoms with Crippen LogP contribution in [-0.4, -0.2) is 15.0 Å². The van der Waals surface area contributed by atoms with Crippen LogP contribution in [0.3, 0.4) is 0 Å². The van der Waals surface area contributed by atoms with E-state index < -0.39 is 0 Å². The van der Waals surface area contributed by atoms with Gasteiger partial charge >= 0.3 is 0 Å². The number of fused-ring (bicyclic) bond motifs is 1. The second kappa shape index (κ2) is 3.83. The number of para-hydroxylation sites is 1. The summed E-state index contributed by atoms with van der Waals surface area (Å²) in [6.45, 7) is 0. The van der Waals surface area contributed by atoms with E-state index in [9.17, 15) is 4.79 Å². The highest BCUT2D eigenvalue weighted by molar-refractivity contribution is 5.82. The highest BCUT2D eigenvalue weighted by atomic mass is 16.1. The van der Waals surface area contributed by atoms with Gasteiger partial charge in [0, 0.05) is 29.5 Å². The summed E-state index contributed by atoms with van der Waals surface area (Å²) in [7, 11) is 0. The van der Waals surface area contributed by atoms with Gasteiger partial charge in [0.25, 0.3) is 5.56 Å². The first-order valence-corrected chi connectivity index (χ1v) is 5.23. The molecule has 0 aliphatic rings. The van der Waals surface area contributed by atoms with E-state index in [4.69, 9.17) is 0 Å². The molecule has 0 fully saturated rings. The Labute approximate surface area is 97.0 Å². The van der Waals surface area contributed by atoms with E-state index in [-0.39, 0.29) is 5.56 Å². The van der Waals surface area contributed by atoms with E-state index in [1.165, 1.54) is 6.20 Å². The zero-order valence-electron chi connectivity index (χ0n) is 8.92. The van der Waals surface area contributed by atoms with Gasteiger partial charge < -0.3 is 4.98 Å². The van der Waals surface area contributed by atoms with Crippen molar-refractivity contribution in [3.8, 4) is 11.3 Å². The van der Waals surface area contributed by atoms with Crippen LogP contribution in [0.2, 0.25) is 0 Å². The Morgan fingerprint density at radius 1 is 1.12 bits per heavy atom. The molecule has 0 spiro atoms. The van der Waals surface area contributed by atoms with Crippen molar-refractivity contribution in [1.82, 2.24) is 15.0 Å². The highest BCUT2D eigenvalue weighted by Crippen LogP contribution is 2.17. The largest absolute Gasteiger partial charge is 0.326 e. The Bertz CT molecular complexity index is 734. The quantitative estimate of drug-likeness (QED) is 0.686. The molecule has 0 saturated carbocycles. The van der Waals surface area contributed by atoms with E-state index in [0.717, 1.165) is 16.5 Å². The lowest BCUT2D eigenvalue weighted by Crippen LogP contribution is -2.09. The predicted molar refractivity (Wildman–Crippen MR) is 65.6 cm³/mol. The maximum atomic E-state index is 11.6. The fraction of sp³-hybridized carbons (Fsp3) is 0. The lowest BCUT2D eigenvalue weighted by Gasteiger charge is -2.01. The molecule has 0 radical (unpaired) electrons. The van der Waals surface area contributed by atoms with Crippen molar-refractivity contribution >= 4 is 10.9 Å². The molecule has 1 N–H and O–H groups in total. The minimum atomic E-state index is -0.204. The molecule has 0 atom stereocenters. The minimum Gasteiger partial charge on any atom is -0.326 e. The number of aromatic amines is 1. The first kappa shape index (κ1) is 9.72. The summed E-state index contributed by atoms with van der Waals surface area (Å²) < 4.78 is 0. The molecule has 0 aliphatic heterocycles. The second-order valence-electron chi connectivity index (χ2n) is 3.68. The van der Waals surface area contributed by atoms with E-state index >= 15 is 0 Å². The molecule has 3 aromatic rings. The molecular formula is C13H9N3O. The molecule has 3 rings (SSSR count). The SMILES string of the molecule is O=c1[nH]ccnc1-c1cnc2ccccc2c1.